The lowest BCUT2D eigenvalue weighted by atomic mass is 9.91. The van der Waals surface area contributed by atoms with E-state index in [-0.39, 0.29) is 0 Å². The standard InChI is InChI=1S/C15H22ClNO/c1-10-6-11(2)9-17(8-10)13-4-5-14(12(3)18)15(16)7-13/h4-5,7,10-12,18H,6,8-9H2,1-3H3. The molecule has 3 unspecified atom stereocenters. The third-order valence-corrected chi connectivity index (χ3v) is 4.00. The molecule has 1 aromatic carbocycles. The molecule has 1 aliphatic rings. The largest absolute Gasteiger partial charge is 0.389 e. The van der Waals surface area contributed by atoms with Crippen LogP contribution < -0.4 is 4.90 Å². The molecular formula is C15H22ClNO. The van der Waals surface area contributed by atoms with E-state index in [1.54, 1.807) is 6.92 Å². The minimum Gasteiger partial charge on any atom is -0.389 e. The lowest BCUT2D eigenvalue weighted by Gasteiger charge is -2.36. The van der Waals surface area contributed by atoms with Crippen LogP contribution in [0.1, 0.15) is 38.9 Å². The summed E-state index contributed by atoms with van der Waals surface area (Å²) < 4.78 is 0. The minimum absolute atomic E-state index is 0.509. The Morgan fingerprint density at radius 2 is 1.89 bits per heavy atom. The summed E-state index contributed by atoms with van der Waals surface area (Å²) in [6, 6.07) is 5.99. The van der Waals surface area contributed by atoms with Gasteiger partial charge >= 0.3 is 0 Å². The summed E-state index contributed by atoms with van der Waals surface area (Å²) in [7, 11) is 0. The van der Waals surface area contributed by atoms with Crippen LogP contribution >= 0.6 is 11.6 Å². The molecule has 0 bridgehead atoms. The van der Waals surface area contributed by atoms with Gasteiger partial charge in [-0.1, -0.05) is 31.5 Å². The number of halogens is 1. The number of piperidine rings is 1. The molecule has 0 aromatic heterocycles. The van der Waals surface area contributed by atoms with Crippen molar-refractivity contribution in [1.29, 1.82) is 0 Å². The molecule has 1 aromatic rings. The van der Waals surface area contributed by atoms with E-state index in [1.807, 2.05) is 12.1 Å². The minimum atomic E-state index is -0.509. The molecule has 2 rings (SSSR count). The van der Waals surface area contributed by atoms with E-state index in [1.165, 1.54) is 12.1 Å². The zero-order valence-electron chi connectivity index (χ0n) is 11.4. The van der Waals surface area contributed by atoms with Crippen molar-refractivity contribution in [3.63, 3.8) is 0 Å². The van der Waals surface area contributed by atoms with Crippen LogP contribution in [0.5, 0.6) is 0 Å². The SMILES string of the molecule is CC1CC(C)CN(c2ccc(C(C)O)c(Cl)c2)C1. The molecule has 2 nitrogen and oxygen atoms in total. The lowest BCUT2D eigenvalue weighted by molar-refractivity contribution is 0.199. The van der Waals surface area contributed by atoms with Crippen LogP contribution in [0.4, 0.5) is 5.69 Å². The molecule has 0 amide bonds. The van der Waals surface area contributed by atoms with Crippen LogP contribution in [-0.4, -0.2) is 18.2 Å². The first kappa shape index (κ1) is 13.7. The van der Waals surface area contributed by atoms with Crippen molar-refractivity contribution in [3.8, 4) is 0 Å². The van der Waals surface area contributed by atoms with E-state index < -0.39 is 6.10 Å². The number of aliphatic hydroxyl groups is 1. The molecule has 0 aliphatic carbocycles. The third kappa shape index (κ3) is 2.99. The van der Waals surface area contributed by atoms with Gasteiger partial charge in [-0.2, -0.15) is 0 Å². The highest BCUT2D eigenvalue weighted by atomic mass is 35.5. The Hall–Kier alpha value is -0.730. The van der Waals surface area contributed by atoms with Crippen molar-refractivity contribution in [3.05, 3.63) is 28.8 Å². The van der Waals surface area contributed by atoms with Crippen molar-refractivity contribution >= 4 is 17.3 Å². The fourth-order valence-electron chi connectivity index (χ4n) is 2.93. The molecule has 18 heavy (non-hydrogen) atoms. The van der Waals surface area contributed by atoms with Gasteiger partial charge in [0.05, 0.1) is 6.10 Å². The smallest absolute Gasteiger partial charge is 0.0776 e. The summed E-state index contributed by atoms with van der Waals surface area (Å²) >= 11 is 6.23. The van der Waals surface area contributed by atoms with E-state index in [9.17, 15) is 5.11 Å². The number of rotatable bonds is 2. The third-order valence-electron chi connectivity index (χ3n) is 3.67. The average Bonchev–Trinajstić information content (AvgIpc) is 2.26. The first-order chi connectivity index (χ1) is 8.47. The second-order valence-corrected chi connectivity index (χ2v) is 6.14. The molecule has 0 radical (unpaired) electrons. The Balaban J connectivity index is 2.21. The summed E-state index contributed by atoms with van der Waals surface area (Å²) in [4.78, 5) is 2.40. The van der Waals surface area contributed by atoms with Gasteiger partial charge in [-0.15, -0.1) is 0 Å². The normalized spacial score (nSPS) is 26.2. The van der Waals surface area contributed by atoms with E-state index in [0.717, 1.165) is 30.5 Å². The maximum atomic E-state index is 9.59. The van der Waals surface area contributed by atoms with Crippen molar-refractivity contribution < 1.29 is 5.11 Å². The first-order valence-corrected chi connectivity index (χ1v) is 7.07. The van der Waals surface area contributed by atoms with Crippen molar-refractivity contribution in [2.24, 2.45) is 11.8 Å². The first-order valence-electron chi connectivity index (χ1n) is 6.69. The second-order valence-electron chi connectivity index (χ2n) is 5.73. The zero-order chi connectivity index (χ0) is 13.3. The molecule has 100 valence electrons. The molecule has 0 saturated carbocycles. The highest BCUT2D eigenvalue weighted by molar-refractivity contribution is 6.31. The van der Waals surface area contributed by atoms with Crippen LogP contribution in [0.15, 0.2) is 18.2 Å². The van der Waals surface area contributed by atoms with Gasteiger partial charge in [0.1, 0.15) is 0 Å². The molecular weight excluding hydrogens is 246 g/mol. The van der Waals surface area contributed by atoms with Gasteiger partial charge in [-0.05, 0) is 42.9 Å². The van der Waals surface area contributed by atoms with E-state index in [4.69, 9.17) is 11.6 Å². The topological polar surface area (TPSA) is 23.5 Å². The van der Waals surface area contributed by atoms with Gasteiger partial charge in [-0.3, -0.25) is 0 Å². The van der Waals surface area contributed by atoms with Crippen LogP contribution in [-0.2, 0) is 0 Å². The Morgan fingerprint density at radius 3 is 2.39 bits per heavy atom. The number of aliphatic hydroxyl groups excluding tert-OH is 1. The average molecular weight is 268 g/mol. The number of hydrogen-bond donors (Lipinski definition) is 1. The van der Waals surface area contributed by atoms with Crippen LogP contribution in [0, 0.1) is 11.8 Å². The molecule has 1 saturated heterocycles. The van der Waals surface area contributed by atoms with Crippen LogP contribution in [0.3, 0.4) is 0 Å². The fourth-order valence-corrected chi connectivity index (χ4v) is 3.26. The predicted molar refractivity (Wildman–Crippen MR) is 77.2 cm³/mol. The Labute approximate surface area is 115 Å². The van der Waals surface area contributed by atoms with Gasteiger partial charge in [0, 0.05) is 23.8 Å². The summed E-state index contributed by atoms with van der Waals surface area (Å²) in [6.45, 7) is 8.53. The molecule has 1 heterocycles. The fraction of sp³-hybridized carbons (Fsp3) is 0.600. The highest BCUT2D eigenvalue weighted by Gasteiger charge is 2.22. The number of benzene rings is 1. The van der Waals surface area contributed by atoms with Crippen LogP contribution in [0.25, 0.3) is 0 Å². The monoisotopic (exact) mass is 267 g/mol. The lowest BCUT2D eigenvalue weighted by Crippen LogP contribution is -2.38. The van der Waals surface area contributed by atoms with Crippen molar-refractivity contribution in [2.45, 2.75) is 33.3 Å². The van der Waals surface area contributed by atoms with Gasteiger partial charge < -0.3 is 10.0 Å². The quantitative estimate of drug-likeness (QED) is 0.879. The van der Waals surface area contributed by atoms with Gasteiger partial charge in [-0.25, -0.2) is 0 Å². The molecule has 1 fully saturated rings. The number of anilines is 1. The van der Waals surface area contributed by atoms with Crippen LogP contribution in [0.2, 0.25) is 5.02 Å². The maximum absolute atomic E-state index is 9.59. The Bertz CT molecular complexity index is 409. The van der Waals surface area contributed by atoms with Crippen molar-refractivity contribution in [2.75, 3.05) is 18.0 Å². The summed E-state index contributed by atoms with van der Waals surface area (Å²) in [5.41, 5.74) is 1.97. The Morgan fingerprint density at radius 1 is 1.28 bits per heavy atom. The summed E-state index contributed by atoms with van der Waals surface area (Å²) in [6.07, 6.45) is 0.793. The van der Waals surface area contributed by atoms with Gasteiger partial charge in [0.2, 0.25) is 0 Å². The molecule has 1 aliphatic heterocycles. The van der Waals surface area contributed by atoms with E-state index in [2.05, 4.69) is 24.8 Å². The number of nitrogens with zero attached hydrogens (tertiary/aromatic N) is 1. The second kappa shape index (κ2) is 5.50. The van der Waals surface area contributed by atoms with Gasteiger partial charge in [0.15, 0.2) is 0 Å². The molecule has 0 spiro atoms. The maximum Gasteiger partial charge on any atom is 0.0776 e. The summed E-state index contributed by atoms with van der Waals surface area (Å²) in [5, 5.41) is 10.3. The van der Waals surface area contributed by atoms with Crippen molar-refractivity contribution in [1.82, 2.24) is 0 Å². The van der Waals surface area contributed by atoms with E-state index in [0.29, 0.717) is 5.02 Å². The molecule has 1 N–H and O–H groups in total. The molecule has 3 heteroatoms. The number of hydrogen-bond acceptors (Lipinski definition) is 2. The van der Waals surface area contributed by atoms with Gasteiger partial charge in [0.25, 0.3) is 0 Å². The predicted octanol–water partition coefficient (Wildman–Crippen LogP) is 3.88. The van der Waals surface area contributed by atoms with E-state index >= 15 is 0 Å². The zero-order valence-corrected chi connectivity index (χ0v) is 12.1. The summed E-state index contributed by atoms with van der Waals surface area (Å²) in [5.74, 6) is 1.45. The highest BCUT2D eigenvalue weighted by Crippen LogP contribution is 2.31. The Kier molecular flexibility index (Phi) is 4.18. The molecule has 3 atom stereocenters.